The van der Waals surface area contributed by atoms with Crippen LogP contribution in [0.1, 0.15) is 45.6 Å². The predicted molar refractivity (Wildman–Crippen MR) is 170 cm³/mol. The summed E-state index contributed by atoms with van der Waals surface area (Å²) < 4.78 is 1.55. The Morgan fingerprint density at radius 1 is 0.667 bits per heavy atom. The van der Waals surface area contributed by atoms with E-state index >= 15 is 0 Å². The first-order chi connectivity index (χ1) is 18.3. The van der Waals surface area contributed by atoms with Crippen molar-refractivity contribution in [3.05, 3.63) is 45.9 Å². The molecule has 0 atom stereocenters. The van der Waals surface area contributed by atoms with Crippen molar-refractivity contribution >= 4 is 0 Å². The average molecular weight is 547 g/mol. The number of pyridine rings is 1. The van der Waals surface area contributed by atoms with Crippen LogP contribution in [0, 0.1) is 18.8 Å². The smallest absolute Gasteiger partial charge is 0.250 e. The summed E-state index contributed by atoms with van der Waals surface area (Å²) in [4.78, 5) is 22.6. The number of likely N-dealkylation sites (tertiary alicyclic amines) is 2. The number of piperidine rings is 1. The Labute approximate surface area is 241 Å². The standard InChI is InChI=1S/C7H9NO.C7H15N.C7H13N.C6H14N2.C5H11N/c1-6-3-4-8(2)7(9)5-6;3*1-7-3-5-8(2)6-4-7;1-5-3-6(2)4-5/h3-5H,1-2H3;7H,3-6H2,1-2H3;3H,4-6H2,1-2H3;3-6H2,1-2H3;5H,3-4H2,1-2H3. The number of hydrogen-bond donors (Lipinski definition) is 0. The molecule has 3 fully saturated rings. The Hall–Kier alpha value is -1.51. The SMILES string of the molecule is CC1=CCN(C)CC1.CC1CCN(C)CC1.CC1CN(C)C1.CN1CCN(C)CC1.Cc1ccn(C)c(=O)c1. The van der Waals surface area contributed by atoms with Gasteiger partial charge in [-0.1, -0.05) is 25.5 Å². The molecule has 7 heteroatoms. The van der Waals surface area contributed by atoms with Crippen LogP contribution in [0.25, 0.3) is 0 Å². The lowest BCUT2D eigenvalue weighted by molar-refractivity contribution is 0.149. The second-order valence-corrected chi connectivity index (χ2v) is 12.6. The van der Waals surface area contributed by atoms with Crippen LogP contribution in [0.3, 0.4) is 0 Å². The van der Waals surface area contributed by atoms with Crippen LogP contribution >= 0.6 is 0 Å². The second-order valence-electron chi connectivity index (χ2n) is 12.6. The second kappa shape index (κ2) is 19.5. The van der Waals surface area contributed by atoms with E-state index in [4.69, 9.17) is 0 Å². The lowest BCUT2D eigenvalue weighted by Gasteiger charge is -2.33. The fourth-order valence-corrected chi connectivity index (χ4v) is 4.57. The van der Waals surface area contributed by atoms with Crippen molar-refractivity contribution in [2.75, 3.05) is 101 Å². The van der Waals surface area contributed by atoms with Crippen molar-refractivity contribution < 1.29 is 0 Å². The molecule has 0 unspecified atom stereocenters. The number of likely N-dealkylation sites (N-methyl/N-ethyl adjacent to an activating group) is 3. The van der Waals surface area contributed by atoms with Crippen molar-refractivity contribution in [3.63, 3.8) is 0 Å². The van der Waals surface area contributed by atoms with Crippen LogP contribution in [-0.2, 0) is 7.05 Å². The Balaban J connectivity index is 0.000000245. The molecule has 1 aromatic heterocycles. The summed E-state index contributed by atoms with van der Waals surface area (Å²) in [6, 6.07) is 3.52. The number of nitrogens with zero attached hydrogens (tertiary/aromatic N) is 6. The van der Waals surface area contributed by atoms with Crippen molar-refractivity contribution in [2.45, 2.75) is 47.0 Å². The molecule has 5 heterocycles. The molecule has 226 valence electrons. The molecule has 0 saturated carbocycles. The first-order valence-electron chi connectivity index (χ1n) is 15.1. The molecule has 1 aromatic rings. The Morgan fingerprint density at radius 3 is 1.49 bits per heavy atom. The minimum atomic E-state index is 0.0509. The molecule has 5 rings (SSSR count). The summed E-state index contributed by atoms with van der Waals surface area (Å²) in [6.45, 7) is 21.3. The molecule has 0 amide bonds. The molecule has 3 saturated heterocycles. The van der Waals surface area contributed by atoms with Crippen molar-refractivity contribution in [2.24, 2.45) is 18.9 Å². The molecular formula is C32H62N6O. The topological polar surface area (TPSA) is 38.2 Å². The van der Waals surface area contributed by atoms with Crippen molar-refractivity contribution in [1.29, 1.82) is 0 Å². The molecule has 7 nitrogen and oxygen atoms in total. The molecule has 4 aliphatic rings. The highest BCUT2D eigenvalue weighted by Crippen LogP contribution is 2.13. The number of piperazine rings is 1. The molecule has 4 aliphatic heterocycles. The average Bonchev–Trinajstić information content (AvgIpc) is 2.88. The van der Waals surface area contributed by atoms with E-state index in [1.807, 2.05) is 13.0 Å². The zero-order chi connectivity index (χ0) is 29.4. The summed E-state index contributed by atoms with van der Waals surface area (Å²) in [5, 5.41) is 0. The van der Waals surface area contributed by atoms with Crippen LogP contribution in [0.4, 0.5) is 0 Å². The van der Waals surface area contributed by atoms with E-state index in [0.717, 1.165) is 23.9 Å². The van der Waals surface area contributed by atoms with Gasteiger partial charge in [0.2, 0.25) is 0 Å². The van der Waals surface area contributed by atoms with Crippen LogP contribution < -0.4 is 5.56 Å². The molecule has 0 bridgehead atoms. The lowest BCUT2D eigenvalue weighted by atomic mass is 10.00. The largest absolute Gasteiger partial charge is 0.319 e. The number of rotatable bonds is 0. The minimum Gasteiger partial charge on any atom is -0.319 e. The fraction of sp³-hybridized carbons (Fsp3) is 0.781. The van der Waals surface area contributed by atoms with Crippen LogP contribution in [0.2, 0.25) is 0 Å². The molecule has 0 radical (unpaired) electrons. The van der Waals surface area contributed by atoms with Crippen LogP contribution in [0.5, 0.6) is 0 Å². The highest BCUT2D eigenvalue weighted by molar-refractivity contribution is 5.07. The quantitative estimate of drug-likeness (QED) is 0.462. The predicted octanol–water partition coefficient (Wildman–Crippen LogP) is 3.74. The Bertz CT molecular complexity index is 800. The van der Waals surface area contributed by atoms with E-state index in [2.05, 4.69) is 86.6 Å². The van der Waals surface area contributed by atoms with E-state index in [1.165, 1.54) is 78.2 Å². The zero-order valence-electron chi connectivity index (χ0n) is 27.2. The molecule has 0 spiro atoms. The van der Waals surface area contributed by atoms with Gasteiger partial charge in [0.25, 0.3) is 5.56 Å². The third kappa shape index (κ3) is 17.7. The van der Waals surface area contributed by atoms with Crippen LogP contribution in [0.15, 0.2) is 34.8 Å². The maximum atomic E-state index is 10.8. The van der Waals surface area contributed by atoms with E-state index in [1.54, 1.807) is 29.5 Å². The number of aromatic nitrogens is 1. The Morgan fingerprint density at radius 2 is 1.18 bits per heavy atom. The maximum Gasteiger partial charge on any atom is 0.250 e. The van der Waals surface area contributed by atoms with Gasteiger partial charge in [-0.05, 0) is 105 Å². The number of hydrogen-bond acceptors (Lipinski definition) is 6. The fourth-order valence-electron chi connectivity index (χ4n) is 4.57. The number of aryl methyl sites for hydroxylation is 2. The summed E-state index contributed by atoms with van der Waals surface area (Å²) in [5.74, 6) is 1.95. The zero-order valence-corrected chi connectivity index (χ0v) is 27.2. The minimum absolute atomic E-state index is 0.0509. The first kappa shape index (κ1) is 35.5. The maximum absolute atomic E-state index is 10.8. The lowest BCUT2D eigenvalue weighted by Crippen LogP contribution is -2.42. The van der Waals surface area contributed by atoms with E-state index in [9.17, 15) is 4.79 Å². The first-order valence-corrected chi connectivity index (χ1v) is 15.1. The van der Waals surface area contributed by atoms with Crippen molar-refractivity contribution in [3.8, 4) is 0 Å². The van der Waals surface area contributed by atoms with Gasteiger partial charge in [-0.15, -0.1) is 0 Å². The highest BCUT2D eigenvalue weighted by atomic mass is 16.1. The summed E-state index contributed by atoms with van der Waals surface area (Å²) >= 11 is 0. The third-order valence-electron chi connectivity index (χ3n) is 7.88. The van der Waals surface area contributed by atoms with Gasteiger partial charge in [-0.2, -0.15) is 0 Å². The van der Waals surface area contributed by atoms with Gasteiger partial charge < -0.3 is 29.1 Å². The van der Waals surface area contributed by atoms with Crippen molar-refractivity contribution in [1.82, 2.24) is 29.1 Å². The molecule has 0 aromatic carbocycles. The molecule has 0 N–H and O–H groups in total. The van der Waals surface area contributed by atoms with Gasteiger partial charge in [-0.3, -0.25) is 4.79 Å². The van der Waals surface area contributed by atoms with Gasteiger partial charge in [-0.25, -0.2) is 0 Å². The molecular weight excluding hydrogens is 484 g/mol. The third-order valence-corrected chi connectivity index (χ3v) is 7.88. The summed E-state index contributed by atoms with van der Waals surface area (Å²) in [7, 11) is 12.6. The van der Waals surface area contributed by atoms with Gasteiger partial charge in [0.15, 0.2) is 0 Å². The van der Waals surface area contributed by atoms with Gasteiger partial charge in [0.05, 0.1) is 0 Å². The monoisotopic (exact) mass is 546 g/mol. The normalized spacial score (nSPS) is 21.8. The van der Waals surface area contributed by atoms with Crippen LogP contribution in [-0.4, -0.2) is 130 Å². The van der Waals surface area contributed by atoms with Gasteiger partial charge in [0.1, 0.15) is 0 Å². The van der Waals surface area contributed by atoms with E-state index < -0.39 is 0 Å². The summed E-state index contributed by atoms with van der Waals surface area (Å²) in [6.07, 6.45) is 8.12. The Kier molecular flexibility index (Phi) is 17.8. The van der Waals surface area contributed by atoms with E-state index in [-0.39, 0.29) is 5.56 Å². The summed E-state index contributed by atoms with van der Waals surface area (Å²) in [5.41, 5.74) is 2.61. The highest BCUT2D eigenvalue weighted by Gasteiger charge is 2.16. The van der Waals surface area contributed by atoms with Gasteiger partial charge >= 0.3 is 0 Å². The van der Waals surface area contributed by atoms with E-state index in [0.29, 0.717) is 0 Å². The van der Waals surface area contributed by atoms with Gasteiger partial charge in [0, 0.05) is 71.7 Å². The molecule has 39 heavy (non-hydrogen) atoms. The molecule has 0 aliphatic carbocycles.